The highest BCUT2D eigenvalue weighted by atomic mass is 32.1. The van der Waals surface area contributed by atoms with Gasteiger partial charge in [-0.1, -0.05) is 0 Å². The highest BCUT2D eigenvalue weighted by Crippen LogP contribution is 2.45. The normalized spacial score (nSPS) is 16.3. The summed E-state index contributed by atoms with van der Waals surface area (Å²) < 4.78 is 5.43. The van der Waals surface area contributed by atoms with E-state index in [0.717, 1.165) is 30.9 Å². The summed E-state index contributed by atoms with van der Waals surface area (Å²) in [5.41, 5.74) is 6.50. The molecule has 0 bridgehead atoms. The van der Waals surface area contributed by atoms with Crippen LogP contribution < -0.4 is 20.7 Å². The van der Waals surface area contributed by atoms with E-state index in [1.165, 1.54) is 11.3 Å². The first-order chi connectivity index (χ1) is 9.99. The molecule has 0 saturated carbocycles. The van der Waals surface area contributed by atoms with Gasteiger partial charge in [0.25, 0.3) is 5.91 Å². The molecule has 1 fully saturated rings. The number of carbonyl (C=O) groups excluding carboxylic acids is 1. The molecule has 0 unspecified atom stereocenters. The highest BCUT2D eigenvalue weighted by Gasteiger charge is 2.28. The Hall–Kier alpha value is -1.47. The van der Waals surface area contributed by atoms with Gasteiger partial charge >= 0.3 is 0 Å². The van der Waals surface area contributed by atoms with E-state index < -0.39 is 0 Å². The highest BCUT2D eigenvalue weighted by molar-refractivity contribution is 7.19. The molecule has 1 aromatic rings. The fraction of sp³-hybridized carbons (Fsp3) is 0.643. The number of anilines is 2. The van der Waals surface area contributed by atoms with Gasteiger partial charge in [0, 0.05) is 26.2 Å². The number of hydrogen-bond acceptors (Lipinski definition) is 6. The minimum Gasteiger partial charge on any atom is -0.492 e. The number of thiophene rings is 1. The summed E-state index contributed by atoms with van der Waals surface area (Å²) in [7, 11) is 7.44. The summed E-state index contributed by atoms with van der Waals surface area (Å²) in [4.78, 5) is 16.9. The van der Waals surface area contributed by atoms with E-state index in [1.54, 1.807) is 14.2 Å². The summed E-state index contributed by atoms with van der Waals surface area (Å²) in [6.45, 7) is 1.90. The molecule has 21 heavy (non-hydrogen) atoms. The summed E-state index contributed by atoms with van der Waals surface area (Å²) in [6, 6.07) is 0.614. The number of rotatable bonds is 4. The number of hydrogen-bond donors (Lipinski definition) is 2. The van der Waals surface area contributed by atoms with Crippen LogP contribution in [0.4, 0.5) is 10.7 Å². The van der Waals surface area contributed by atoms with Gasteiger partial charge in [-0.15, -0.1) is 11.3 Å². The van der Waals surface area contributed by atoms with Crippen molar-refractivity contribution < 1.29 is 9.53 Å². The zero-order valence-corrected chi connectivity index (χ0v) is 13.9. The van der Waals surface area contributed by atoms with Crippen molar-refractivity contribution >= 4 is 27.9 Å². The molecular formula is C14H24N4O2S. The number of ether oxygens (including phenoxy) is 1. The maximum absolute atomic E-state index is 11.9. The standard InChI is InChI=1S/C14H24N4O2S/c1-16-13(19)12-10(15)11(20-4)14(21-12)18-7-5-9(6-8-18)17(2)3/h9H,5-8,15H2,1-4H3,(H,16,19). The number of piperidine rings is 1. The molecule has 6 nitrogen and oxygen atoms in total. The Bertz CT molecular complexity index is 507. The largest absolute Gasteiger partial charge is 0.492 e. The van der Waals surface area contributed by atoms with E-state index in [2.05, 4.69) is 29.2 Å². The predicted octanol–water partition coefficient (Wildman–Crippen LogP) is 1.23. The summed E-state index contributed by atoms with van der Waals surface area (Å²) in [6.07, 6.45) is 2.20. The van der Waals surface area contributed by atoms with Crippen LogP contribution in [0.3, 0.4) is 0 Å². The topological polar surface area (TPSA) is 70.8 Å². The molecule has 1 aliphatic rings. The van der Waals surface area contributed by atoms with Crippen LogP contribution in [-0.4, -0.2) is 58.2 Å². The first-order valence-corrected chi connectivity index (χ1v) is 7.91. The molecule has 1 aliphatic heterocycles. The van der Waals surface area contributed by atoms with Gasteiger partial charge in [-0.05, 0) is 26.9 Å². The van der Waals surface area contributed by atoms with Crippen molar-refractivity contribution in [2.45, 2.75) is 18.9 Å². The number of nitrogens with zero attached hydrogens (tertiary/aromatic N) is 2. The van der Waals surface area contributed by atoms with E-state index >= 15 is 0 Å². The third-order valence-corrected chi connectivity index (χ3v) is 5.25. The zero-order valence-electron chi connectivity index (χ0n) is 13.1. The molecular weight excluding hydrogens is 288 g/mol. The third kappa shape index (κ3) is 3.08. The maximum Gasteiger partial charge on any atom is 0.263 e. The lowest BCUT2D eigenvalue weighted by molar-refractivity contribution is 0.0967. The van der Waals surface area contributed by atoms with Crippen LogP contribution in [-0.2, 0) is 0 Å². The Labute approximate surface area is 129 Å². The Kier molecular flexibility index (Phi) is 4.95. The minimum atomic E-state index is -0.162. The Morgan fingerprint density at radius 3 is 2.52 bits per heavy atom. The SMILES string of the molecule is CNC(=O)c1sc(N2CCC(N(C)C)CC2)c(OC)c1N. The van der Waals surface area contributed by atoms with Crippen molar-refractivity contribution in [3.63, 3.8) is 0 Å². The van der Waals surface area contributed by atoms with E-state index in [4.69, 9.17) is 10.5 Å². The molecule has 0 aromatic carbocycles. The van der Waals surface area contributed by atoms with Gasteiger partial charge < -0.3 is 25.6 Å². The zero-order chi connectivity index (χ0) is 15.6. The van der Waals surface area contributed by atoms with Crippen molar-refractivity contribution in [2.24, 2.45) is 0 Å². The van der Waals surface area contributed by atoms with Gasteiger partial charge in [0.2, 0.25) is 0 Å². The molecule has 0 spiro atoms. The van der Waals surface area contributed by atoms with Gasteiger partial charge in [-0.2, -0.15) is 0 Å². The molecule has 2 rings (SSSR count). The fourth-order valence-electron chi connectivity index (χ4n) is 2.69. The van der Waals surface area contributed by atoms with Crippen molar-refractivity contribution in [1.82, 2.24) is 10.2 Å². The van der Waals surface area contributed by atoms with E-state index in [0.29, 0.717) is 22.4 Å². The van der Waals surface area contributed by atoms with Crippen molar-refractivity contribution in [3.8, 4) is 5.75 Å². The van der Waals surface area contributed by atoms with Crippen molar-refractivity contribution in [1.29, 1.82) is 0 Å². The number of amides is 1. The first kappa shape index (κ1) is 15.9. The number of nitrogens with one attached hydrogen (secondary N) is 1. The van der Waals surface area contributed by atoms with E-state index in [9.17, 15) is 4.79 Å². The summed E-state index contributed by atoms with van der Waals surface area (Å²) in [5.74, 6) is 0.465. The molecule has 0 atom stereocenters. The van der Waals surface area contributed by atoms with Crippen LogP contribution >= 0.6 is 11.3 Å². The van der Waals surface area contributed by atoms with Crippen LogP contribution in [0.1, 0.15) is 22.5 Å². The maximum atomic E-state index is 11.9. The Morgan fingerprint density at radius 2 is 2.05 bits per heavy atom. The number of methoxy groups -OCH3 is 1. The Balaban J connectivity index is 2.22. The van der Waals surface area contributed by atoms with Crippen LogP contribution in [0.25, 0.3) is 0 Å². The monoisotopic (exact) mass is 312 g/mol. The predicted molar refractivity (Wildman–Crippen MR) is 87.6 cm³/mol. The summed E-state index contributed by atoms with van der Waals surface area (Å²) >= 11 is 1.41. The molecule has 1 saturated heterocycles. The lowest BCUT2D eigenvalue weighted by Gasteiger charge is -2.35. The third-order valence-electron chi connectivity index (χ3n) is 4.00. The molecule has 0 aliphatic carbocycles. The fourth-order valence-corrected chi connectivity index (χ4v) is 3.88. The van der Waals surface area contributed by atoms with Crippen molar-refractivity contribution in [3.05, 3.63) is 4.88 Å². The second-order valence-corrected chi connectivity index (χ2v) is 6.44. The van der Waals surface area contributed by atoms with Crippen LogP contribution in [0.15, 0.2) is 0 Å². The second-order valence-electron chi connectivity index (χ2n) is 5.44. The van der Waals surface area contributed by atoms with Crippen LogP contribution in [0.5, 0.6) is 5.75 Å². The quantitative estimate of drug-likeness (QED) is 0.875. The average Bonchev–Trinajstić information content (AvgIpc) is 2.83. The second kappa shape index (κ2) is 6.53. The van der Waals surface area contributed by atoms with Crippen LogP contribution in [0, 0.1) is 0 Å². The van der Waals surface area contributed by atoms with Gasteiger partial charge in [0.1, 0.15) is 15.6 Å². The number of carbonyl (C=O) groups is 1. The van der Waals surface area contributed by atoms with Crippen molar-refractivity contribution in [2.75, 3.05) is 52.0 Å². The molecule has 3 N–H and O–H groups in total. The minimum absolute atomic E-state index is 0.162. The van der Waals surface area contributed by atoms with E-state index in [1.807, 2.05) is 0 Å². The Morgan fingerprint density at radius 1 is 1.43 bits per heavy atom. The first-order valence-electron chi connectivity index (χ1n) is 7.09. The molecule has 0 radical (unpaired) electrons. The van der Waals surface area contributed by atoms with E-state index in [-0.39, 0.29) is 5.91 Å². The lowest BCUT2D eigenvalue weighted by atomic mass is 10.0. The lowest BCUT2D eigenvalue weighted by Crippen LogP contribution is -2.41. The molecule has 1 aromatic heterocycles. The summed E-state index contributed by atoms with van der Waals surface area (Å²) in [5, 5.41) is 3.59. The smallest absolute Gasteiger partial charge is 0.263 e. The molecule has 2 heterocycles. The number of nitrogen functional groups attached to an aromatic ring is 1. The number of nitrogens with two attached hydrogens (primary N) is 1. The van der Waals surface area contributed by atoms with Gasteiger partial charge in [0.05, 0.1) is 7.11 Å². The molecule has 1 amide bonds. The van der Waals surface area contributed by atoms with Crippen LogP contribution in [0.2, 0.25) is 0 Å². The average molecular weight is 312 g/mol. The molecule has 118 valence electrons. The van der Waals surface area contributed by atoms with Gasteiger partial charge in [0.15, 0.2) is 5.75 Å². The van der Waals surface area contributed by atoms with Gasteiger partial charge in [-0.25, -0.2) is 0 Å². The molecule has 7 heteroatoms. The van der Waals surface area contributed by atoms with Gasteiger partial charge in [-0.3, -0.25) is 4.79 Å².